The van der Waals surface area contributed by atoms with Gasteiger partial charge in [0.15, 0.2) is 0 Å². The van der Waals surface area contributed by atoms with Crippen molar-refractivity contribution in [1.29, 1.82) is 0 Å². The number of aliphatic hydroxyl groups excluding tert-OH is 1. The van der Waals surface area contributed by atoms with E-state index in [0.29, 0.717) is 5.56 Å². The Labute approximate surface area is 174 Å². The van der Waals surface area contributed by atoms with Crippen LogP contribution in [-0.2, 0) is 26.1 Å². The molecule has 1 aliphatic heterocycles. The van der Waals surface area contributed by atoms with E-state index in [1.807, 2.05) is 0 Å². The highest BCUT2D eigenvalue weighted by atomic mass is 32.2. The zero-order valence-corrected chi connectivity index (χ0v) is 16.9. The average Bonchev–Trinajstić information content (AvgIpc) is 2.74. The maximum atomic E-state index is 13.6. The minimum atomic E-state index is -3.79. The Morgan fingerprint density at radius 3 is 2.47 bits per heavy atom. The first-order valence-electron chi connectivity index (χ1n) is 9.41. The van der Waals surface area contributed by atoms with Crippen LogP contribution in [0.4, 0.5) is 4.39 Å². The fourth-order valence-corrected chi connectivity index (χ4v) is 4.29. The van der Waals surface area contributed by atoms with E-state index in [-0.39, 0.29) is 23.8 Å². The van der Waals surface area contributed by atoms with Crippen molar-refractivity contribution in [3.05, 3.63) is 78.1 Å². The van der Waals surface area contributed by atoms with Gasteiger partial charge in [-0.15, -0.1) is 0 Å². The van der Waals surface area contributed by atoms with Gasteiger partial charge in [0, 0.05) is 12.1 Å². The molecule has 2 aromatic rings. The van der Waals surface area contributed by atoms with Crippen molar-refractivity contribution >= 4 is 15.9 Å². The van der Waals surface area contributed by atoms with Gasteiger partial charge in [-0.05, 0) is 18.2 Å². The second kappa shape index (κ2) is 9.94. The molecule has 0 saturated heterocycles. The smallest absolute Gasteiger partial charge is 0.241 e. The topological polar surface area (TPSA) is 105 Å². The molecular weight excluding hydrogens is 411 g/mol. The van der Waals surface area contributed by atoms with Gasteiger partial charge in [-0.3, -0.25) is 4.79 Å². The lowest BCUT2D eigenvalue weighted by Crippen LogP contribution is -2.49. The molecule has 3 rings (SSSR count). The highest BCUT2D eigenvalue weighted by Crippen LogP contribution is 2.18. The summed E-state index contributed by atoms with van der Waals surface area (Å²) in [6.07, 6.45) is 1.62. The van der Waals surface area contributed by atoms with Gasteiger partial charge in [0.2, 0.25) is 15.9 Å². The number of amides is 1. The molecule has 160 valence electrons. The first kappa shape index (κ1) is 22.1. The Kier molecular flexibility index (Phi) is 7.33. The molecule has 0 saturated carbocycles. The Balaban J connectivity index is 1.58. The molecule has 0 aliphatic carbocycles. The molecule has 0 spiro atoms. The van der Waals surface area contributed by atoms with Crippen LogP contribution < -0.4 is 10.0 Å². The van der Waals surface area contributed by atoms with E-state index >= 15 is 0 Å². The standard InChI is InChI=1S/C21H23FN2O5S/c22-18-9-5-4-6-15(18)13-23-21(26)12-16-10-11-19(20(14-25)29-16)24-30(27,28)17-7-2-1-3-8-17/h1-11,16,19-20,24-25H,12-14H2,(H,23,26)/t16-,19-,20-/m1/s1. The lowest BCUT2D eigenvalue weighted by atomic mass is 10.1. The van der Waals surface area contributed by atoms with Crippen molar-refractivity contribution < 1.29 is 27.4 Å². The molecule has 0 radical (unpaired) electrons. The molecular formula is C21H23FN2O5S. The van der Waals surface area contributed by atoms with E-state index in [1.54, 1.807) is 48.6 Å². The van der Waals surface area contributed by atoms with E-state index in [0.717, 1.165) is 0 Å². The third-order valence-electron chi connectivity index (χ3n) is 4.63. The van der Waals surface area contributed by atoms with Gasteiger partial charge < -0.3 is 15.2 Å². The van der Waals surface area contributed by atoms with Crippen molar-refractivity contribution in [2.24, 2.45) is 0 Å². The van der Waals surface area contributed by atoms with E-state index in [4.69, 9.17) is 4.74 Å². The third-order valence-corrected chi connectivity index (χ3v) is 6.10. The highest BCUT2D eigenvalue weighted by Gasteiger charge is 2.31. The molecule has 1 heterocycles. The number of hydrogen-bond donors (Lipinski definition) is 3. The zero-order chi connectivity index (χ0) is 21.6. The van der Waals surface area contributed by atoms with Crippen LogP contribution in [0.2, 0.25) is 0 Å². The summed E-state index contributed by atoms with van der Waals surface area (Å²) in [5.41, 5.74) is 0.370. The number of benzene rings is 2. The lowest BCUT2D eigenvalue weighted by Gasteiger charge is -2.31. The van der Waals surface area contributed by atoms with Gasteiger partial charge in [-0.1, -0.05) is 48.6 Å². The molecule has 0 bridgehead atoms. The number of carbonyl (C=O) groups is 1. The van der Waals surface area contributed by atoms with Crippen molar-refractivity contribution in [2.75, 3.05) is 6.61 Å². The maximum absolute atomic E-state index is 13.6. The van der Waals surface area contributed by atoms with Crippen LogP contribution in [0, 0.1) is 5.82 Å². The second-order valence-electron chi connectivity index (χ2n) is 6.81. The highest BCUT2D eigenvalue weighted by molar-refractivity contribution is 7.89. The van der Waals surface area contributed by atoms with Crippen molar-refractivity contribution in [3.63, 3.8) is 0 Å². The summed E-state index contributed by atoms with van der Waals surface area (Å²) in [6.45, 7) is -0.384. The number of halogens is 1. The molecule has 3 atom stereocenters. The molecule has 1 amide bonds. The van der Waals surface area contributed by atoms with Gasteiger partial charge in [0.1, 0.15) is 11.9 Å². The fraction of sp³-hybridized carbons (Fsp3) is 0.286. The largest absolute Gasteiger partial charge is 0.394 e. The molecule has 9 heteroatoms. The van der Waals surface area contributed by atoms with E-state index < -0.39 is 40.7 Å². The van der Waals surface area contributed by atoms with Crippen molar-refractivity contribution in [2.45, 2.75) is 36.1 Å². The minimum absolute atomic E-state index is 0.0421. The quantitative estimate of drug-likeness (QED) is 0.546. The molecule has 3 N–H and O–H groups in total. The van der Waals surface area contributed by atoms with Crippen LogP contribution in [0.1, 0.15) is 12.0 Å². The van der Waals surface area contributed by atoms with Crippen LogP contribution in [-0.4, -0.2) is 44.3 Å². The van der Waals surface area contributed by atoms with Crippen LogP contribution >= 0.6 is 0 Å². The second-order valence-corrected chi connectivity index (χ2v) is 8.53. The number of rotatable bonds is 8. The summed E-state index contributed by atoms with van der Waals surface area (Å²) in [4.78, 5) is 12.3. The summed E-state index contributed by atoms with van der Waals surface area (Å²) >= 11 is 0. The fourth-order valence-electron chi connectivity index (χ4n) is 3.05. The molecule has 0 fully saturated rings. The summed E-state index contributed by atoms with van der Waals surface area (Å²) < 4.78 is 46.8. The molecule has 2 aromatic carbocycles. The summed E-state index contributed by atoms with van der Waals surface area (Å²) in [6, 6.07) is 13.2. The lowest BCUT2D eigenvalue weighted by molar-refractivity contribution is -0.125. The predicted molar refractivity (Wildman–Crippen MR) is 108 cm³/mol. The van der Waals surface area contributed by atoms with Crippen LogP contribution in [0.5, 0.6) is 0 Å². The summed E-state index contributed by atoms with van der Waals surface area (Å²) in [7, 11) is -3.79. The van der Waals surface area contributed by atoms with E-state index in [2.05, 4.69) is 10.0 Å². The Bertz CT molecular complexity index is 997. The number of hydrogen-bond acceptors (Lipinski definition) is 5. The molecule has 0 aromatic heterocycles. The third kappa shape index (κ3) is 5.73. The normalized spacial score (nSPS) is 21.3. The molecule has 7 nitrogen and oxygen atoms in total. The number of carbonyl (C=O) groups excluding carboxylic acids is 1. The van der Waals surface area contributed by atoms with Gasteiger partial charge in [0.05, 0.1) is 30.1 Å². The summed E-state index contributed by atoms with van der Waals surface area (Å²) in [5, 5.41) is 12.3. The van der Waals surface area contributed by atoms with E-state index in [1.165, 1.54) is 18.2 Å². The van der Waals surface area contributed by atoms with Gasteiger partial charge in [-0.25, -0.2) is 17.5 Å². The predicted octanol–water partition coefficient (Wildman–Crippen LogP) is 1.49. The van der Waals surface area contributed by atoms with Gasteiger partial charge >= 0.3 is 0 Å². The van der Waals surface area contributed by atoms with Gasteiger partial charge in [-0.2, -0.15) is 0 Å². The van der Waals surface area contributed by atoms with Crippen molar-refractivity contribution in [3.8, 4) is 0 Å². The van der Waals surface area contributed by atoms with Crippen LogP contribution in [0.15, 0.2) is 71.6 Å². The summed E-state index contributed by atoms with van der Waals surface area (Å²) in [5.74, 6) is -0.756. The Morgan fingerprint density at radius 1 is 1.07 bits per heavy atom. The Hall–Kier alpha value is -2.59. The number of sulfonamides is 1. The van der Waals surface area contributed by atoms with E-state index in [9.17, 15) is 22.7 Å². The first-order chi connectivity index (χ1) is 14.4. The van der Waals surface area contributed by atoms with Gasteiger partial charge in [0.25, 0.3) is 0 Å². The molecule has 30 heavy (non-hydrogen) atoms. The first-order valence-corrected chi connectivity index (χ1v) is 10.9. The minimum Gasteiger partial charge on any atom is -0.394 e. The zero-order valence-electron chi connectivity index (χ0n) is 16.1. The number of ether oxygens (including phenoxy) is 1. The van der Waals surface area contributed by atoms with Crippen LogP contribution in [0.25, 0.3) is 0 Å². The monoisotopic (exact) mass is 434 g/mol. The van der Waals surface area contributed by atoms with Crippen molar-refractivity contribution in [1.82, 2.24) is 10.0 Å². The molecule has 1 aliphatic rings. The number of aliphatic hydroxyl groups is 1. The average molecular weight is 434 g/mol. The Morgan fingerprint density at radius 2 is 1.77 bits per heavy atom. The SMILES string of the molecule is O=C(C[C@H]1C=C[C@@H](NS(=O)(=O)c2ccccc2)[C@@H](CO)O1)NCc1ccccc1F. The molecule has 0 unspecified atom stereocenters. The maximum Gasteiger partial charge on any atom is 0.241 e. The van der Waals surface area contributed by atoms with Crippen LogP contribution in [0.3, 0.4) is 0 Å². The number of nitrogens with one attached hydrogen (secondary N) is 2.